The third kappa shape index (κ3) is 4.00. The average molecular weight is 344 g/mol. The number of rotatable bonds is 4. The van der Waals surface area contributed by atoms with Gasteiger partial charge in [0.15, 0.2) is 5.96 Å². The second kappa shape index (κ2) is 8.06. The van der Waals surface area contributed by atoms with Gasteiger partial charge in [0.25, 0.3) is 0 Å². The zero-order valence-corrected chi connectivity index (χ0v) is 14.8. The van der Waals surface area contributed by atoms with Crippen molar-refractivity contribution in [1.29, 1.82) is 0 Å². The number of piperazine rings is 1. The normalized spacial score (nSPS) is 15.6. The van der Waals surface area contributed by atoms with E-state index in [1.54, 1.807) is 17.4 Å². The molecule has 0 aliphatic carbocycles. The van der Waals surface area contributed by atoms with Crippen molar-refractivity contribution in [3.05, 3.63) is 46.7 Å². The van der Waals surface area contributed by atoms with Crippen LogP contribution in [-0.4, -0.2) is 55.7 Å². The van der Waals surface area contributed by atoms with E-state index in [0.717, 1.165) is 50.8 Å². The maximum absolute atomic E-state index is 10.0. The number of guanidine groups is 1. The first-order valence-corrected chi connectivity index (χ1v) is 9.17. The maximum atomic E-state index is 10.0. The predicted octanol–water partition coefficient (Wildman–Crippen LogP) is 2.39. The molecule has 1 aliphatic rings. The molecule has 0 bridgehead atoms. The van der Waals surface area contributed by atoms with Gasteiger partial charge in [-0.3, -0.25) is 4.99 Å². The molecule has 128 valence electrons. The highest BCUT2D eigenvalue weighted by molar-refractivity contribution is 7.09. The molecular weight excluding hydrogens is 320 g/mol. The molecule has 2 N–H and O–H groups in total. The zero-order valence-electron chi connectivity index (χ0n) is 14.0. The van der Waals surface area contributed by atoms with E-state index >= 15 is 0 Å². The Morgan fingerprint density at radius 2 is 1.96 bits per heavy atom. The number of phenolic OH excluding ortho intramolecular Hbond substituents is 1. The molecular formula is C18H24N4OS. The third-order valence-corrected chi connectivity index (χ3v) is 5.18. The molecule has 2 aromatic rings. The molecule has 0 amide bonds. The van der Waals surface area contributed by atoms with E-state index in [2.05, 4.69) is 37.6 Å². The van der Waals surface area contributed by atoms with Crippen LogP contribution in [0.4, 0.5) is 5.69 Å². The van der Waals surface area contributed by atoms with E-state index in [-0.39, 0.29) is 0 Å². The zero-order chi connectivity index (χ0) is 16.8. The molecule has 0 atom stereocenters. The fourth-order valence-electron chi connectivity index (χ4n) is 2.98. The standard InChI is InChI=1S/C18H24N4OS/c1-19-18(20-9-8-15-5-4-14-24-15)22-12-10-21(11-13-22)16-6-2-3-7-17(16)23/h2-7,14,23H,8-13H2,1H3,(H,19,20). The maximum Gasteiger partial charge on any atom is 0.193 e. The SMILES string of the molecule is CN=C(NCCc1cccs1)N1CCN(c2ccccc2O)CC1. The van der Waals surface area contributed by atoms with Crippen LogP contribution in [0.3, 0.4) is 0 Å². The number of aromatic hydroxyl groups is 1. The number of phenols is 1. The van der Waals surface area contributed by atoms with Crippen molar-refractivity contribution in [3.8, 4) is 5.75 Å². The molecule has 5 nitrogen and oxygen atoms in total. The molecule has 1 aliphatic heterocycles. The summed E-state index contributed by atoms with van der Waals surface area (Å²) in [6, 6.07) is 11.8. The van der Waals surface area contributed by atoms with Crippen molar-refractivity contribution in [2.24, 2.45) is 4.99 Å². The van der Waals surface area contributed by atoms with Crippen molar-refractivity contribution >= 4 is 23.0 Å². The Kier molecular flexibility index (Phi) is 5.59. The monoisotopic (exact) mass is 344 g/mol. The number of aliphatic imine (C=N–C) groups is 1. The van der Waals surface area contributed by atoms with Gasteiger partial charge in [-0.05, 0) is 30.0 Å². The number of nitrogens with zero attached hydrogens (tertiary/aromatic N) is 3. The van der Waals surface area contributed by atoms with Crippen molar-refractivity contribution in [3.63, 3.8) is 0 Å². The Morgan fingerprint density at radius 1 is 1.17 bits per heavy atom. The first-order valence-electron chi connectivity index (χ1n) is 8.29. The molecule has 3 rings (SSSR count). The molecule has 24 heavy (non-hydrogen) atoms. The van der Waals surface area contributed by atoms with Crippen LogP contribution in [0, 0.1) is 0 Å². The van der Waals surface area contributed by atoms with Gasteiger partial charge in [-0.2, -0.15) is 0 Å². The van der Waals surface area contributed by atoms with E-state index in [1.807, 2.05) is 25.2 Å². The van der Waals surface area contributed by atoms with E-state index < -0.39 is 0 Å². The lowest BCUT2D eigenvalue weighted by molar-refractivity contribution is 0.370. The first kappa shape index (κ1) is 16.6. The molecule has 6 heteroatoms. The smallest absolute Gasteiger partial charge is 0.193 e. The van der Waals surface area contributed by atoms with Gasteiger partial charge < -0.3 is 20.2 Å². The third-order valence-electron chi connectivity index (χ3n) is 4.25. The summed E-state index contributed by atoms with van der Waals surface area (Å²) in [5.41, 5.74) is 0.915. The minimum absolute atomic E-state index is 0.351. The highest BCUT2D eigenvalue weighted by Crippen LogP contribution is 2.27. The van der Waals surface area contributed by atoms with Crippen LogP contribution in [0.1, 0.15) is 4.88 Å². The highest BCUT2D eigenvalue weighted by Gasteiger charge is 2.21. The largest absolute Gasteiger partial charge is 0.506 e. The summed E-state index contributed by atoms with van der Waals surface area (Å²) in [5.74, 6) is 1.31. The summed E-state index contributed by atoms with van der Waals surface area (Å²) in [6.07, 6.45) is 1.02. The second-order valence-corrected chi connectivity index (χ2v) is 6.80. The van der Waals surface area contributed by atoms with Crippen LogP contribution in [0.2, 0.25) is 0 Å². The van der Waals surface area contributed by atoms with Gasteiger partial charge in [-0.15, -0.1) is 11.3 Å². The van der Waals surface area contributed by atoms with Crippen LogP contribution >= 0.6 is 11.3 Å². The molecule has 2 heterocycles. The molecule has 0 spiro atoms. The average Bonchev–Trinajstić information content (AvgIpc) is 3.13. The lowest BCUT2D eigenvalue weighted by atomic mass is 10.2. The number of anilines is 1. The molecule has 0 saturated carbocycles. The number of hydrogen-bond donors (Lipinski definition) is 2. The van der Waals surface area contributed by atoms with Crippen LogP contribution in [-0.2, 0) is 6.42 Å². The summed E-state index contributed by atoms with van der Waals surface area (Å²) in [7, 11) is 1.84. The van der Waals surface area contributed by atoms with Gasteiger partial charge in [0.2, 0.25) is 0 Å². The van der Waals surface area contributed by atoms with Gasteiger partial charge in [-0.1, -0.05) is 18.2 Å². The lowest BCUT2D eigenvalue weighted by Crippen LogP contribution is -2.52. The Bertz CT molecular complexity index is 663. The summed E-state index contributed by atoms with van der Waals surface area (Å²) in [6.45, 7) is 4.44. The molecule has 1 saturated heterocycles. The van der Waals surface area contributed by atoms with Crippen molar-refractivity contribution in [1.82, 2.24) is 10.2 Å². The van der Waals surface area contributed by atoms with E-state index in [0.29, 0.717) is 5.75 Å². The van der Waals surface area contributed by atoms with Gasteiger partial charge in [-0.25, -0.2) is 0 Å². The predicted molar refractivity (Wildman–Crippen MR) is 101 cm³/mol. The summed E-state index contributed by atoms with van der Waals surface area (Å²) in [4.78, 5) is 10.3. The van der Waals surface area contributed by atoms with E-state index in [1.165, 1.54) is 4.88 Å². The Labute approximate surface area is 147 Å². The number of hydrogen-bond acceptors (Lipinski definition) is 4. The minimum Gasteiger partial charge on any atom is -0.506 e. The van der Waals surface area contributed by atoms with Gasteiger partial charge in [0.1, 0.15) is 5.75 Å². The quantitative estimate of drug-likeness (QED) is 0.661. The Balaban J connectivity index is 1.50. The number of thiophene rings is 1. The topological polar surface area (TPSA) is 51.1 Å². The Morgan fingerprint density at radius 3 is 2.62 bits per heavy atom. The van der Waals surface area contributed by atoms with Crippen molar-refractivity contribution in [2.75, 3.05) is 44.7 Å². The van der Waals surface area contributed by atoms with Crippen LogP contribution < -0.4 is 10.2 Å². The fourth-order valence-corrected chi connectivity index (χ4v) is 3.68. The highest BCUT2D eigenvalue weighted by atomic mass is 32.1. The summed E-state index contributed by atoms with van der Waals surface area (Å²) < 4.78 is 0. The fraction of sp³-hybridized carbons (Fsp3) is 0.389. The van der Waals surface area contributed by atoms with Gasteiger partial charge in [0.05, 0.1) is 5.69 Å². The van der Waals surface area contributed by atoms with E-state index in [9.17, 15) is 5.11 Å². The van der Waals surface area contributed by atoms with Crippen molar-refractivity contribution < 1.29 is 5.11 Å². The van der Waals surface area contributed by atoms with Gasteiger partial charge >= 0.3 is 0 Å². The van der Waals surface area contributed by atoms with E-state index in [4.69, 9.17) is 0 Å². The molecule has 1 aromatic heterocycles. The van der Waals surface area contributed by atoms with Gasteiger partial charge in [0, 0.05) is 44.6 Å². The van der Waals surface area contributed by atoms with Crippen LogP contribution in [0.15, 0.2) is 46.8 Å². The molecule has 0 unspecified atom stereocenters. The molecule has 1 aromatic carbocycles. The van der Waals surface area contributed by atoms with Crippen LogP contribution in [0.25, 0.3) is 0 Å². The molecule has 1 fully saturated rings. The van der Waals surface area contributed by atoms with Crippen molar-refractivity contribution in [2.45, 2.75) is 6.42 Å². The Hall–Kier alpha value is -2.21. The second-order valence-electron chi connectivity index (χ2n) is 5.77. The summed E-state index contributed by atoms with van der Waals surface area (Å²) >= 11 is 1.79. The first-order chi connectivity index (χ1) is 11.8. The minimum atomic E-state index is 0.351. The number of benzene rings is 1. The summed E-state index contributed by atoms with van der Waals surface area (Å²) in [5, 5.41) is 15.6. The number of nitrogens with one attached hydrogen (secondary N) is 1. The number of para-hydroxylation sites is 2. The van der Waals surface area contributed by atoms with Crippen LogP contribution in [0.5, 0.6) is 5.75 Å². The molecule has 0 radical (unpaired) electrons. The lowest BCUT2D eigenvalue weighted by Gasteiger charge is -2.37.